The van der Waals surface area contributed by atoms with Crippen LogP contribution in [0.3, 0.4) is 0 Å². The van der Waals surface area contributed by atoms with Gasteiger partial charge in [0.15, 0.2) is 0 Å². The minimum absolute atomic E-state index is 0.229. The molecule has 3 N–H and O–H groups in total. The lowest BCUT2D eigenvalue weighted by molar-refractivity contribution is 0.580. The molecule has 7 nitrogen and oxygen atoms in total. The number of nitrogens with two attached hydrogens (primary N) is 1. The van der Waals surface area contributed by atoms with Crippen molar-refractivity contribution in [2.45, 2.75) is 17.9 Å². The molecule has 2 aromatic rings. The molecule has 8 heteroatoms. The monoisotopic (exact) mass is 295 g/mol. The fourth-order valence-corrected chi connectivity index (χ4v) is 2.75. The zero-order valence-corrected chi connectivity index (χ0v) is 12.0. The van der Waals surface area contributed by atoms with Crippen LogP contribution in [0, 0.1) is 0 Å². The smallest absolute Gasteiger partial charge is 0.240 e. The van der Waals surface area contributed by atoms with E-state index < -0.39 is 10.0 Å². The lowest BCUT2D eigenvalue weighted by Gasteiger charge is -2.07. The predicted molar refractivity (Wildman–Crippen MR) is 74.2 cm³/mol. The molecule has 0 atom stereocenters. The van der Waals surface area contributed by atoms with Gasteiger partial charge in [-0.3, -0.25) is 0 Å². The van der Waals surface area contributed by atoms with Gasteiger partial charge in [-0.2, -0.15) is 0 Å². The van der Waals surface area contributed by atoms with Gasteiger partial charge in [0.1, 0.15) is 12.2 Å². The van der Waals surface area contributed by atoms with Gasteiger partial charge >= 0.3 is 0 Å². The first kappa shape index (κ1) is 14.6. The Hall–Kier alpha value is -1.77. The summed E-state index contributed by atoms with van der Waals surface area (Å²) in [5.41, 5.74) is 6.37. The molecule has 1 aromatic heterocycles. The number of nitrogens with zero attached hydrogens (tertiary/aromatic N) is 3. The van der Waals surface area contributed by atoms with Crippen molar-refractivity contribution >= 4 is 10.0 Å². The molecule has 1 heterocycles. The highest BCUT2D eigenvalue weighted by Crippen LogP contribution is 2.10. The highest BCUT2D eigenvalue weighted by molar-refractivity contribution is 7.89. The average Bonchev–Trinajstić information content (AvgIpc) is 2.84. The van der Waals surface area contributed by atoms with Crippen molar-refractivity contribution in [3.05, 3.63) is 42.0 Å². The number of hydrogen-bond acceptors (Lipinski definition) is 5. The van der Waals surface area contributed by atoms with E-state index >= 15 is 0 Å². The molecule has 2 rings (SSSR count). The molecule has 0 aliphatic rings. The van der Waals surface area contributed by atoms with E-state index in [0.29, 0.717) is 13.0 Å². The third kappa shape index (κ3) is 3.41. The third-order valence-corrected chi connectivity index (χ3v) is 4.39. The molecule has 0 fully saturated rings. The summed E-state index contributed by atoms with van der Waals surface area (Å²) >= 11 is 0. The van der Waals surface area contributed by atoms with Crippen molar-refractivity contribution in [1.82, 2.24) is 19.5 Å². The van der Waals surface area contributed by atoms with Crippen LogP contribution in [0.2, 0.25) is 0 Å². The van der Waals surface area contributed by atoms with Crippen molar-refractivity contribution in [2.24, 2.45) is 12.8 Å². The number of sulfonamides is 1. The van der Waals surface area contributed by atoms with Crippen molar-refractivity contribution in [3.63, 3.8) is 0 Å². The van der Waals surface area contributed by atoms with E-state index in [-0.39, 0.29) is 11.4 Å². The van der Waals surface area contributed by atoms with E-state index in [0.717, 1.165) is 11.4 Å². The number of benzene rings is 1. The summed E-state index contributed by atoms with van der Waals surface area (Å²) in [7, 11) is -1.68. The van der Waals surface area contributed by atoms with E-state index in [2.05, 4.69) is 14.9 Å². The lowest BCUT2D eigenvalue weighted by atomic mass is 10.2. The summed E-state index contributed by atoms with van der Waals surface area (Å²) in [4.78, 5) is 0.229. The van der Waals surface area contributed by atoms with Crippen LogP contribution < -0.4 is 10.5 Å². The Morgan fingerprint density at radius 2 is 2.00 bits per heavy atom. The van der Waals surface area contributed by atoms with E-state index in [9.17, 15) is 8.42 Å². The summed E-state index contributed by atoms with van der Waals surface area (Å²) in [6.45, 7) is 0.660. The number of aromatic nitrogens is 3. The molecular formula is C12H17N5O2S. The molecule has 0 aliphatic heterocycles. The second-order valence-electron chi connectivity index (χ2n) is 4.35. The van der Waals surface area contributed by atoms with Gasteiger partial charge in [0.2, 0.25) is 10.0 Å². The molecule has 0 bridgehead atoms. The summed E-state index contributed by atoms with van der Waals surface area (Å²) in [6.07, 6.45) is 2.06. The van der Waals surface area contributed by atoms with Gasteiger partial charge in [-0.15, -0.1) is 10.2 Å². The van der Waals surface area contributed by atoms with Gasteiger partial charge in [0.25, 0.3) is 0 Å². The van der Waals surface area contributed by atoms with Crippen LogP contribution in [-0.4, -0.2) is 29.7 Å². The summed E-state index contributed by atoms with van der Waals surface area (Å²) in [5, 5.41) is 7.63. The van der Waals surface area contributed by atoms with Gasteiger partial charge in [-0.05, 0) is 17.7 Å². The number of nitrogens with one attached hydrogen (secondary N) is 1. The Labute approximate surface area is 117 Å². The minimum Gasteiger partial charge on any atom is -0.326 e. The highest BCUT2D eigenvalue weighted by Gasteiger charge is 2.13. The normalized spacial score (nSPS) is 11.7. The molecule has 1 aromatic carbocycles. The maximum atomic E-state index is 12.1. The maximum Gasteiger partial charge on any atom is 0.240 e. The van der Waals surface area contributed by atoms with Crippen molar-refractivity contribution in [2.75, 3.05) is 6.54 Å². The van der Waals surface area contributed by atoms with Crippen molar-refractivity contribution < 1.29 is 8.42 Å². The van der Waals surface area contributed by atoms with Crippen LogP contribution >= 0.6 is 0 Å². The van der Waals surface area contributed by atoms with Crippen molar-refractivity contribution in [1.29, 1.82) is 0 Å². The zero-order valence-electron chi connectivity index (χ0n) is 11.2. The van der Waals surface area contributed by atoms with E-state index in [1.807, 2.05) is 7.05 Å². The average molecular weight is 295 g/mol. The maximum absolute atomic E-state index is 12.1. The number of hydrogen-bond donors (Lipinski definition) is 2. The second-order valence-corrected chi connectivity index (χ2v) is 6.12. The Kier molecular flexibility index (Phi) is 4.48. The summed E-state index contributed by atoms with van der Waals surface area (Å²) in [5.74, 6) is 0.728. The van der Waals surface area contributed by atoms with Crippen LogP contribution in [0.4, 0.5) is 0 Å². The molecule has 0 aliphatic carbocycles. The van der Waals surface area contributed by atoms with Crippen LogP contribution in [0.25, 0.3) is 0 Å². The molecule has 0 saturated carbocycles. The Morgan fingerprint density at radius 3 is 2.55 bits per heavy atom. The first-order chi connectivity index (χ1) is 9.53. The van der Waals surface area contributed by atoms with Gasteiger partial charge in [-0.1, -0.05) is 12.1 Å². The van der Waals surface area contributed by atoms with Crippen LogP contribution in [0.15, 0.2) is 35.5 Å². The first-order valence-corrected chi connectivity index (χ1v) is 7.63. The quantitative estimate of drug-likeness (QED) is 0.768. The molecule has 0 unspecified atom stereocenters. The molecule has 0 amide bonds. The molecule has 20 heavy (non-hydrogen) atoms. The zero-order chi connectivity index (χ0) is 14.6. The highest BCUT2D eigenvalue weighted by atomic mass is 32.2. The van der Waals surface area contributed by atoms with Gasteiger partial charge in [0, 0.05) is 26.6 Å². The number of aryl methyl sites for hydroxylation is 1. The fraction of sp³-hybridized carbons (Fsp3) is 0.333. The van der Waals surface area contributed by atoms with Crippen molar-refractivity contribution in [3.8, 4) is 0 Å². The largest absolute Gasteiger partial charge is 0.326 e. The predicted octanol–water partition coefficient (Wildman–Crippen LogP) is -0.205. The van der Waals surface area contributed by atoms with Crippen LogP contribution in [-0.2, 0) is 30.0 Å². The third-order valence-electron chi connectivity index (χ3n) is 2.92. The summed E-state index contributed by atoms with van der Waals surface area (Å²) < 4.78 is 28.4. The lowest BCUT2D eigenvalue weighted by Crippen LogP contribution is -2.26. The minimum atomic E-state index is -3.50. The fourth-order valence-electron chi connectivity index (χ4n) is 1.72. The molecule has 0 radical (unpaired) electrons. The second kappa shape index (κ2) is 6.12. The molecular weight excluding hydrogens is 278 g/mol. The first-order valence-electron chi connectivity index (χ1n) is 6.14. The standard InChI is InChI=1S/C12H17N5O2S/c1-17-9-14-16-12(17)6-7-15-20(18,19)11-4-2-10(8-13)3-5-11/h2-5,9,15H,6-8,13H2,1H3. The van der Waals surface area contributed by atoms with E-state index in [4.69, 9.17) is 5.73 Å². The topological polar surface area (TPSA) is 103 Å². The van der Waals surface area contributed by atoms with Gasteiger partial charge in [0.05, 0.1) is 4.90 Å². The van der Waals surface area contributed by atoms with E-state index in [1.165, 1.54) is 0 Å². The van der Waals surface area contributed by atoms with Gasteiger partial charge in [-0.25, -0.2) is 13.1 Å². The summed E-state index contributed by atoms with van der Waals surface area (Å²) in [6, 6.07) is 6.51. The van der Waals surface area contributed by atoms with Crippen LogP contribution in [0.5, 0.6) is 0 Å². The Balaban J connectivity index is 1.98. The van der Waals surface area contributed by atoms with Crippen LogP contribution in [0.1, 0.15) is 11.4 Å². The molecule has 0 spiro atoms. The SMILES string of the molecule is Cn1cnnc1CCNS(=O)(=O)c1ccc(CN)cc1. The van der Waals surface area contributed by atoms with E-state index in [1.54, 1.807) is 35.2 Å². The Bertz CT molecular complexity index is 663. The number of rotatable bonds is 6. The van der Waals surface area contributed by atoms with Gasteiger partial charge < -0.3 is 10.3 Å². The Morgan fingerprint density at radius 1 is 1.30 bits per heavy atom. The molecule has 108 valence electrons. The molecule has 0 saturated heterocycles.